The molecule has 0 spiro atoms. The maximum absolute atomic E-state index is 12.0. The zero-order valence-electron chi connectivity index (χ0n) is 11.2. The van der Waals surface area contributed by atoms with Crippen molar-refractivity contribution in [2.24, 2.45) is 0 Å². The highest BCUT2D eigenvalue weighted by Gasteiger charge is 2.14. The quantitative estimate of drug-likeness (QED) is 0.835. The Balaban J connectivity index is 2.16. The summed E-state index contributed by atoms with van der Waals surface area (Å²) in [5.41, 5.74) is 6.47. The van der Waals surface area contributed by atoms with E-state index in [0.29, 0.717) is 10.7 Å². The van der Waals surface area contributed by atoms with E-state index >= 15 is 0 Å². The molecular weight excluding hydrogens is 296 g/mol. The van der Waals surface area contributed by atoms with Crippen LogP contribution in [0.5, 0.6) is 0 Å². The van der Waals surface area contributed by atoms with Gasteiger partial charge in [-0.2, -0.15) is 5.10 Å². The van der Waals surface area contributed by atoms with Crippen LogP contribution in [0.4, 0.5) is 11.4 Å². The largest absolute Gasteiger partial charge is 0.465 e. The van der Waals surface area contributed by atoms with Crippen molar-refractivity contribution in [3.05, 3.63) is 41.2 Å². The number of ether oxygens (including phenoxy) is 1. The van der Waals surface area contributed by atoms with Gasteiger partial charge in [0.2, 0.25) is 5.91 Å². The Bertz CT molecular complexity index is 684. The number of nitrogens with one attached hydrogen (secondary N) is 1. The number of aromatic nitrogens is 2. The molecule has 0 fully saturated rings. The van der Waals surface area contributed by atoms with Gasteiger partial charge in [-0.05, 0) is 18.2 Å². The number of hydrogen-bond acceptors (Lipinski definition) is 5. The lowest BCUT2D eigenvalue weighted by Crippen LogP contribution is -2.20. The van der Waals surface area contributed by atoms with E-state index in [1.807, 2.05) is 0 Å². The Kier molecular flexibility index (Phi) is 4.44. The fourth-order valence-corrected chi connectivity index (χ4v) is 1.88. The summed E-state index contributed by atoms with van der Waals surface area (Å²) < 4.78 is 6.03. The molecule has 7 nitrogen and oxygen atoms in total. The highest BCUT2D eigenvalue weighted by atomic mass is 35.5. The predicted molar refractivity (Wildman–Crippen MR) is 78.1 cm³/mol. The fraction of sp³-hybridized carbons (Fsp3) is 0.154. The molecule has 0 saturated heterocycles. The molecule has 1 aromatic heterocycles. The van der Waals surface area contributed by atoms with Crippen LogP contribution in [0.3, 0.4) is 0 Å². The lowest BCUT2D eigenvalue weighted by Gasteiger charge is -2.10. The maximum atomic E-state index is 12.0. The van der Waals surface area contributed by atoms with Crippen molar-refractivity contribution in [2.45, 2.75) is 6.54 Å². The molecule has 0 bridgehead atoms. The molecule has 0 atom stereocenters. The standard InChI is InChI=1S/C13H13ClN4O3/c1-21-13(20)10-3-2-8(14)4-11(10)17-12(19)7-18-6-9(15)5-16-18/h2-6H,7,15H2,1H3,(H,17,19). The zero-order valence-corrected chi connectivity index (χ0v) is 11.9. The minimum atomic E-state index is -0.565. The summed E-state index contributed by atoms with van der Waals surface area (Å²) >= 11 is 5.87. The lowest BCUT2D eigenvalue weighted by atomic mass is 10.2. The molecule has 3 N–H and O–H groups in total. The average molecular weight is 309 g/mol. The van der Waals surface area contributed by atoms with Crippen molar-refractivity contribution in [1.82, 2.24) is 9.78 Å². The number of nitrogens with zero attached hydrogens (tertiary/aromatic N) is 2. The van der Waals surface area contributed by atoms with Crippen LogP contribution in [0, 0.1) is 0 Å². The Labute approximate surface area is 125 Å². The average Bonchev–Trinajstić information content (AvgIpc) is 2.83. The molecular formula is C13H13ClN4O3. The minimum absolute atomic E-state index is 0.0374. The molecule has 2 aromatic rings. The first-order valence-corrected chi connectivity index (χ1v) is 6.33. The van der Waals surface area contributed by atoms with Crippen LogP contribution in [0.1, 0.15) is 10.4 Å². The number of carbonyl (C=O) groups excluding carboxylic acids is 2. The summed E-state index contributed by atoms with van der Waals surface area (Å²) in [7, 11) is 1.26. The molecule has 0 radical (unpaired) electrons. The van der Waals surface area contributed by atoms with Gasteiger partial charge in [0.1, 0.15) is 6.54 Å². The van der Waals surface area contributed by atoms with E-state index in [9.17, 15) is 9.59 Å². The van der Waals surface area contributed by atoms with Crippen molar-refractivity contribution in [2.75, 3.05) is 18.2 Å². The van der Waals surface area contributed by atoms with E-state index in [-0.39, 0.29) is 23.7 Å². The minimum Gasteiger partial charge on any atom is -0.465 e. The van der Waals surface area contributed by atoms with Gasteiger partial charge in [0.25, 0.3) is 0 Å². The van der Waals surface area contributed by atoms with Gasteiger partial charge < -0.3 is 15.8 Å². The number of halogens is 1. The second kappa shape index (κ2) is 6.27. The lowest BCUT2D eigenvalue weighted by molar-refractivity contribution is -0.116. The van der Waals surface area contributed by atoms with Crippen LogP contribution in [0.15, 0.2) is 30.6 Å². The van der Waals surface area contributed by atoms with Gasteiger partial charge in [-0.3, -0.25) is 9.48 Å². The Morgan fingerprint density at radius 3 is 2.86 bits per heavy atom. The summed E-state index contributed by atoms with van der Waals surface area (Å²) in [5.74, 6) is -0.934. The molecule has 8 heteroatoms. The van der Waals surface area contributed by atoms with E-state index < -0.39 is 5.97 Å². The van der Waals surface area contributed by atoms with Crippen LogP contribution >= 0.6 is 11.6 Å². The molecule has 2 rings (SSSR count). The molecule has 0 saturated carbocycles. The summed E-state index contributed by atoms with van der Waals surface area (Å²) in [4.78, 5) is 23.6. The topological polar surface area (TPSA) is 99.2 Å². The predicted octanol–water partition coefficient (Wildman–Crippen LogP) is 1.54. The smallest absolute Gasteiger partial charge is 0.339 e. The molecule has 0 unspecified atom stereocenters. The third-order valence-corrected chi connectivity index (χ3v) is 2.85. The second-order valence-corrected chi connectivity index (χ2v) is 4.64. The molecule has 0 aliphatic heterocycles. The fourth-order valence-electron chi connectivity index (χ4n) is 1.71. The number of amides is 1. The van der Waals surface area contributed by atoms with E-state index in [2.05, 4.69) is 15.2 Å². The summed E-state index contributed by atoms with van der Waals surface area (Å²) in [5, 5.41) is 6.89. The van der Waals surface area contributed by atoms with Crippen LogP contribution in [0.25, 0.3) is 0 Å². The van der Waals surface area contributed by atoms with Crippen molar-refractivity contribution < 1.29 is 14.3 Å². The third kappa shape index (κ3) is 3.73. The highest BCUT2D eigenvalue weighted by molar-refractivity contribution is 6.31. The number of rotatable bonds is 4. The van der Waals surface area contributed by atoms with E-state index in [1.165, 1.54) is 42.4 Å². The van der Waals surface area contributed by atoms with Gasteiger partial charge >= 0.3 is 5.97 Å². The van der Waals surface area contributed by atoms with E-state index in [0.717, 1.165) is 0 Å². The van der Waals surface area contributed by atoms with Crippen molar-refractivity contribution in [3.8, 4) is 0 Å². The normalized spacial score (nSPS) is 10.2. The molecule has 0 aliphatic carbocycles. The molecule has 1 amide bonds. The number of methoxy groups -OCH3 is 1. The number of esters is 1. The second-order valence-electron chi connectivity index (χ2n) is 4.20. The number of benzene rings is 1. The highest BCUT2D eigenvalue weighted by Crippen LogP contribution is 2.22. The number of nitrogen functional groups attached to an aromatic ring is 1. The third-order valence-electron chi connectivity index (χ3n) is 2.62. The van der Waals surface area contributed by atoms with Crippen LogP contribution in [-0.2, 0) is 16.1 Å². The van der Waals surface area contributed by atoms with Crippen molar-refractivity contribution in [3.63, 3.8) is 0 Å². The van der Waals surface area contributed by atoms with Crippen molar-refractivity contribution in [1.29, 1.82) is 0 Å². The SMILES string of the molecule is COC(=O)c1ccc(Cl)cc1NC(=O)Cn1cc(N)cn1. The molecule has 1 aromatic carbocycles. The molecule has 110 valence electrons. The number of nitrogens with two attached hydrogens (primary N) is 1. The maximum Gasteiger partial charge on any atom is 0.339 e. The summed E-state index contributed by atoms with van der Waals surface area (Å²) in [6.07, 6.45) is 2.96. The van der Waals surface area contributed by atoms with E-state index in [4.69, 9.17) is 17.3 Å². The summed E-state index contributed by atoms with van der Waals surface area (Å²) in [6.45, 7) is -0.0374. The number of anilines is 2. The van der Waals surface area contributed by atoms with Gasteiger partial charge in [0.15, 0.2) is 0 Å². The van der Waals surface area contributed by atoms with Crippen molar-refractivity contribution >= 4 is 34.9 Å². The molecule has 21 heavy (non-hydrogen) atoms. The number of hydrogen-bond donors (Lipinski definition) is 2. The van der Waals surface area contributed by atoms with Gasteiger partial charge in [0, 0.05) is 11.2 Å². The molecule has 0 aliphatic rings. The Morgan fingerprint density at radius 1 is 1.48 bits per heavy atom. The first-order valence-electron chi connectivity index (χ1n) is 5.95. The first kappa shape index (κ1) is 14.9. The van der Waals surface area contributed by atoms with Gasteiger partial charge in [0.05, 0.1) is 30.2 Å². The number of carbonyl (C=O) groups is 2. The van der Waals surface area contributed by atoms with Crippen LogP contribution in [0.2, 0.25) is 5.02 Å². The monoisotopic (exact) mass is 308 g/mol. The van der Waals surface area contributed by atoms with Gasteiger partial charge in [-0.15, -0.1) is 0 Å². The first-order chi connectivity index (χ1) is 9.99. The Hall–Kier alpha value is -2.54. The van der Waals surface area contributed by atoms with Crippen LogP contribution in [-0.4, -0.2) is 28.8 Å². The van der Waals surface area contributed by atoms with E-state index in [1.54, 1.807) is 0 Å². The Morgan fingerprint density at radius 2 is 2.24 bits per heavy atom. The zero-order chi connectivity index (χ0) is 15.4. The summed E-state index contributed by atoms with van der Waals surface area (Å²) in [6, 6.07) is 4.50. The van der Waals surface area contributed by atoms with Crippen LogP contribution < -0.4 is 11.1 Å². The van der Waals surface area contributed by atoms with Gasteiger partial charge in [-0.1, -0.05) is 11.6 Å². The van der Waals surface area contributed by atoms with Gasteiger partial charge in [-0.25, -0.2) is 4.79 Å². The molecule has 1 heterocycles.